The van der Waals surface area contributed by atoms with Crippen molar-refractivity contribution in [1.29, 1.82) is 0 Å². The number of carbonyl (C=O) groups is 1. The number of likely N-dealkylation sites (tertiary alicyclic amines) is 1. The lowest BCUT2D eigenvalue weighted by Crippen LogP contribution is -2.38. The number of hydrogen-bond donors (Lipinski definition) is 0. The quantitative estimate of drug-likeness (QED) is 0.779. The van der Waals surface area contributed by atoms with Crippen molar-refractivity contribution >= 4 is 33.2 Å². The molecule has 1 aromatic heterocycles. The monoisotopic (exact) mass is 315 g/mol. The third kappa shape index (κ3) is 4.11. The highest BCUT2D eigenvalue weighted by molar-refractivity contribution is 9.09. The van der Waals surface area contributed by atoms with Crippen molar-refractivity contribution in [2.75, 3.05) is 13.1 Å². The fraction of sp³-hybridized carbons (Fsp3) is 0.615. The Bertz CT molecular complexity index is 344. The number of halogens is 1. The van der Waals surface area contributed by atoms with E-state index in [9.17, 15) is 4.79 Å². The molecule has 2 rings (SSSR count). The molecule has 17 heavy (non-hydrogen) atoms. The fourth-order valence-electron chi connectivity index (χ4n) is 2.12. The van der Waals surface area contributed by atoms with Crippen LogP contribution in [0.3, 0.4) is 0 Å². The number of alkyl halides is 1. The van der Waals surface area contributed by atoms with Gasteiger partial charge in [0.25, 0.3) is 0 Å². The van der Waals surface area contributed by atoms with E-state index in [1.807, 2.05) is 4.90 Å². The van der Waals surface area contributed by atoms with Crippen molar-refractivity contribution in [1.82, 2.24) is 4.90 Å². The number of amides is 1. The van der Waals surface area contributed by atoms with E-state index < -0.39 is 0 Å². The summed E-state index contributed by atoms with van der Waals surface area (Å²) in [5.74, 6) is 0.334. The summed E-state index contributed by atoms with van der Waals surface area (Å²) >= 11 is 5.39. The summed E-state index contributed by atoms with van der Waals surface area (Å²) in [6.07, 6.45) is 4.91. The van der Waals surface area contributed by atoms with Crippen LogP contribution in [0, 0.1) is 0 Å². The lowest BCUT2D eigenvalue weighted by atomic mass is 10.1. The van der Waals surface area contributed by atoms with Crippen LogP contribution >= 0.6 is 27.3 Å². The van der Waals surface area contributed by atoms with Crippen LogP contribution in [0.15, 0.2) is 17.5 Å². The number of rotatable bonds is 4. The van der Waals surface area contributed by atoms with Gasteiger partial charge >= 0.3 is 0 Å². The zero-order valence-electron chi connectivity index (χ0n) is 9.90. The summed E-state index contributed by atoms with van der Waals surface area (Å²) in [6.45, 7) is 1.85. The SMILES string of the molecule is O=C(CCCc1cccs1)N1CCC(Br)CC1. The molecule has 0 aromatic carbocycles. The molecule has 1 amide bonds. The molecule has 0 bridgehead atoms. The van der Waals surface area contributed by atoms with Gasteiger partial charge in [0.1, 0.15) is 0 Å². The predicted octanol–water partition coefficient (Wildman–Crippen LogP) is 3.46. The molecule has 0 unspecified atom stereocenters. The van der Waals surface area contributed by atoms with Gasteiger partial charge in [0, 0.05) is 29.2 Å². The normalized spacial score (nSPS) is 17.4. The third-order valence-electron chi connectivity index (χ3n) is 3.17. The van der Waals surface area contributed by atoms with Gasteiger partial charge in [0.15, 0.2) is 0 Å². The molecule has 0 saturated carbocycles. The summed E-state index contributed by atoms with van der Waals surface area (Å²) in [5.41, 5.74) is 0. The first-order valence-corrected chi connectivity index (χ1v) is 7.99. The molecule has 0 aliphatic carbocycles. The van der Waals surface area contributed by atoms with E-state index in [0.29, 0.717) is 17.2 Å². The van der Waals surface area contributed by atoms with Crippen LogP contribution in [-0.4, -0.2) is 28.7 Å². The third-order valence-corrected chi connectivity index (χ3v) is 5.02. The second-order valence-electron chi connectivity index (χ2n) is 4.49. The zero-order chi connectivity index (χ0) is 12.1. The van der Waals surface area contributed by atoms with Crippen LogP contribution in [0.1, 0.15) is 30.6 Å². The molecule has 0 N–H and O–H groups in total. The molecule has 94 valence electrons. The van der Waals surface area contributed by atoms with Gasteiger partial charge < -0.3 is 4.90 Å². The average Bonchev–Trinajstić information content (AvgIpc) is 2.83. The van der Waals surface area contributed by atoms with E-state index in [-0.39, 0.29) is 0 Å². The zero-order valence-corrected chi connectivity index (χ0v) is 12.3. The Balaban J connectivity index is 1.67. The van der Waals surface area contributed by atoms with Crippen molar-refractivity contribution in [3.8, 4) is 0 Å². The lowest BCUT2D eigenvalue weighted by molar-refractivity contribution is -0.132. The van der Waals surface area contributed by atoms with Crippen molar-refractivity contribution in [2.45, 2.75) is 36.9 Å². The minimum Gasteiger partial charge on any atom is -0.343 e. The van der Waals surface area contributed by atoms with E-state index in [1.54, 1.807) is 11.3 Å². The number of hydrogen-bond acceptors (Lipinski definition) is 2. The van der Waals surface area contributed by atoms with E-state index >= 15 is 0 Å². The molecule has 1 aliphatic rings. The maximum atomic E-state index is 11.9. The first-order chi connectivity index (χ1) is 8.25. The van der Waals surface area contributed by atoms with Crippen LogP contribution in [0.5, 0.6) is 0 Å². The van der Waals surface area contributed by atoms with E-state index in [1.165, 1.54) is 4.88 Å². The summed E-state index contributed by atoms with van der Waals surface area (Å²) in [6, 6.07) is 4.22. The van der Waals surface area contributed by atoms with Crippen LogP contribution in [-0.2, 0) is 11.2 Å². The van der Waals surface area contributed by atoms with Gasteiger partial charge in [-0.05, 0) is 37.1 Å². The van der Waals surface area contributed by atoms with Gasteiger partial charge in [0.05, 0.1) is 0 Å². The van der Waals surface area contributed by atoms with Gasteiger partial charge in [-0.25, -0.2) is 0 Å². The van der Waals surface area contributed by atoms with Gasteiger partial charge in [-0.3, -0.25) is 4.79 Å². The number of nitrogens with zero attached hydrogens (tertiary/aromatic N) is 1. The molecule has 1 saturated heterocycles. The van der Waals surface area contributed by atoms with Crippen LogP contribution in [0.4, 0.5) is 0 Å². The summed E-state index contributed by atoms with van der Waals surface area (Å²) in [5, 5.41) is 2.10. The Morgan fingerprint density at radius 1 is 1.47 bits per heavy atom. The van der Waals surface area contributed by atoms with E-state index in [2.05, 4.69) is 33.4 Å². The Morgan fingerprint density at radius 2 is 2.24 bits per heavy atom. The lowest BCUT2D eigenvalue weighted by Gasteiger charge is -2.29. The smallest absolute Gasteiger partial charge is 0.222 e. The molecule has 2 heterocycles. The molecule has 0 spiro atoms. The molecule has 0 radical (unpaired) electrons. The number of aryl methyl sites for hydroxylation is 1. The molecule has 1 aromatic rings. The molecular weight excluding hydrogens is 298 g/mol. The van der Waals surface area contributed by atoms with Gasteiger partial charge in [-0.15, -0.1) is 11.3 Å². The molecular formula is C13H18BrNOS. The Morgan fingerprint density at radius 3 is 2.88 bits per heavy atom. The van der Waals surface area contributed by atoms with Crippen molar-refractivity contribution < 1.29 is 4.79 Å². The maximum absolute atomic E-state index is 11.9. The van der Waals surface area contributed by atoms with E-state index in [4.69, 9.17) is 0 Å². The van der Waals surface area contributed by atoms with Crippen LogP contribution in [0.2, 0.25) is 0 Å². The summed E-state index contributed by atoms with van der Waals surface area (Å²) in [7, 11) is 0. The summed E-state index contributed by atoms with van der Waals surface area (Å²) < 4.78 is 0. The highest BCUT2D eigenvalue weighted by Gasteiger charge is 2.20. The largest absolute Gasteiger partial charge is 0.343 e. The van der Waals surface area contributed by atoms with Crippen molar-refractivity contribution in [3.05, 3.63) is 22.4 Å². The van der Waals surface area contributed by atoms with Crippen molar-refractivity contribution in [3.63, 3.8) is 0 Å². The van der Waals surface area contributed by atoms with Gasteiger partial charge in [-0.2, -0.15) is 0 Å². The van der Waals surface area contributed by atoms with Gasteiger partial charge in [0.2, 0.25) is 5.91 Å². The van der Waals surface area contributed by atoms with Crippen LogP contribution < -0.4 is 0 Å². The first-order valence-electron chi connectivity index (χ1n) is 6.20. The number of carbonyl (C=O) groups excluding carboxylic acids is 1. The average molecular weight is 316 g/mol. The minimum absolute atomic E-state index is 0.334. The second kappa shape index (κ2) is 6.55. The van der Waals surface area contributed by atoms with Crippen molar-refractivity contribution in [2.24, 2.45) is 0 Å². The topological polar surface area (TPSA) is 20.3 Å². The fourth-order valence-corrected chi connectivity index (χ4v) is 3.28. The number of piperidine rings is 1. The van der Waals surface area contributed by atoms with Gasteiger partial charge in [-0.1, -0.05) is 22.0 Å². The van der Waals surface area contributed by atoms with E-state index in [0.717, 1.165) is 38.8 Å². The molecule has 1 aliphatic heterocycles. The number of thiophene rings is 1. The molecule has 1 fully saturated rings. The maximum Gasteiger partial charge on any atom is 0.222 e. The second-order valence-corrected chi connectivity index (χ2v) is 6.82. The standard InChI is InChI=1S/C13H18BrNOS/c14-11-6-8-15(9-7-11)13(16)5-1-3-12-4-2-10-17-12/h2,4,10-11H,1,3,5-9H2. The molecule has 2 nitrogen and oxygen atoms in total. The Hall–Kier alpha value is -0.350. The Labute approximate surface area is 115 Å². The predicted molar refractivity (Wildman–Crippen MR) is 75.8 cm³/mol. The summed E-state index contributed by atoms with van der Waals surface area (Å²) in [4.78, 5) is 16.0. The molecule has 4 heteroatoms. The Kier molecular flexibility index (Phi) is 5.04. The highest BCUT2D eigenvalue weighted by Crippen LogP contribution is 2.19. The highest BCUT2D eigenvalue weighted by atomic mass is 79.9. The first kappa shape index (κ1) is 13.1. The molecule has 0 atom stereocenters. The van der Waals surface area contributed by atoms with Crippen LogP contribution in [0.25, 0.3) is 0 Å². The minimum atomic E-state index is 0.334.